The highest BCUT2D eigenvalue weighted by Gasteiger charge is 2.24. The number of nitrogens with zero attached hydrogens (tertiary/aromatic N) is 1. The van der Waals surface area contributed by atoms with Gasteiger partial charge >= 0.3 is 0 Å². The first-order chi connectivity index (χ1) is 21.5. The Labute approximate surface area is 264 Å². The molecule has 1 unspecified atom stereocenters. The number of amides is 2. The molecule has 10 heteroatoms. The summed E-state index contributed by atoms with van der Waals surface area (Å²) in [4.78, 5) is 32.2. The maximum atomic E-state index is 13.6. The SMILES string of the molecule is CCOc1ccc(-c2csc(NC(=O)C(Sc3ccc(NC(=O)c4c(OC)cccc4OC)cc3)c3ccccc3)n2)cc1. The lowest BCUT2D eigenvalue weighted by Gasteiger charge is -2.17. The van der Waals surface area contributed by atoms with Crippen LogP contribution in [0, 0.1) is 0 Å². The molecule has 4 aromatic carbocycles. The van der Waals surface area contributed by atoms with Gasteiger partial charge in [0.15, 0.2) is 5.13 Å². The standard InChI is InChI=1S/C34H31N3O5S2/c1-4-42-25-17-13-22(14-18-25)27-21-43-34(36-27)37-33(39)31(23-9-6-5-7-10-23)44-26-19-15-24(16-20-26)35-32(38)30-28(40-2)11-8-12-29(30)41-3/h5-21,31H,4H2,1-3H3,(H,35,38)(H,36,37,39). The Kier molecular flexibility index (Phi) is 10.2. The van der Waals surface area contributed by atoms with Gasteiger partial charge in [-0.15, -0.1) is 23.1 Å². The summed E-state index contributed by atoms with van der Waals surface area (Å²) in [7, 11) is 3.01. The van der Waals surface area contributed by atoms with Crippen LogP contribution in [-0.2, 0) is 4.79 Å². The number of nitrogens with one attached hydrogen (secondary N) is 2. The van der Waals surface area contributed by atoms with E-state index in [0.29, 0.717) is 34.5 Å². The van der Waals surface area contributed by atoms with Crippen LogP contribution in [0.5, 0.6) is 17.2 Å². The van der Waals surface area contributed by atoms with Gasteiger partial charge in [-0.1, -0.05) is 36.4 Å². The van der Waals surface area contributed by atoms with Crippen molar-refractivity contribution in [3.63, 3.8) is 0 Å². The van der Waals surface area contributed by atoms with Crippen molar-refractivity contribution in [3.8, 4) is 28.5 Å². The van der Waals surface area contributed by atoms with Crippen molar-refractivity contribution in [1.82, 2.24) is 4.98 Å². The third kappa shape index (κ3) is 7.39. The second kappa shape index (κ2) is 14.6. The van der Waals surface area contributed by atoms with Crippen LogP contribution in [0.25, 0.3) is 11.3 Å². The van der Waals surface area contributed by atoms with Crippen molar-refractivity contribution in [2.24, 2.45) is 0 Å². The molecule has 1 heterocycles. The molecule has 2 N–H and O–H groups in total. The Morgan fingerprint density at radius 3 is 2.16 bits per heavy atom. The van der Waals surface area contributed by atoms with E-state index in [1.807, 2.05) is 79.0 Å². The van der Waals surface area contributed by atoms with Gasteiger partial charge in [0.25, 0.3) is 5.91 Å². The molecule has 0 radical (unpaired) electrons. The number of carbonyl (C=O) groups is 2. The summed E-state index contributed by atoms with van der Waals surface area (Å²) in [5, 5.41) is 7.81. The predicted molar refractivity (Wildman–Crippen MR) is 176 cm³/mol. The number of hydrogen-bond acceptors (Lipinski definition) is 8. The molecule has 8 nitrogen and oxygen atoms in total. The minimum absolute atomic E-state index is 0.186. The Hall–Kier alpha value is -4.80. The number of hydrogen-bond donors (Lipinski definition) is 2. The summed E-state index contributed by atoms with van der Waals surface area (Å²) >= 11 is 2.79. The highest BCUT2D eigenvalue weighted by Crippen LogP contribution is 2.38. The molecule has 1 atom stereocenters. The molecule has 2 amide bonds. The van der Waals surface area contributed by atoms with Crippen molar-refractivity contribution in [2.45, 2.75) is 17.1 Å². The van der Waals surface area contributed by atoms with Crippen molar-refractivity contribution in [2.75, 3.05) is 31.5 Å². The van der Waals surface area contributed by atoms with Gasteiger partial charge in [-0.2, -0.15) is 0 Å². The fourth-order valence-corrected chi connectivity index (χ4v) is 6.19. The first kappa shape index (κ1) is 30.7. The average molecular weight is 626 g/mol. The molecule has 0 aliphatic rings. The van der Waals surface area contributed by atoms with Gasteiger partial charge in [0.2, 0.25) is 5.91 Å². The monoisotopic (exact) mass is 625 g/mol. The fraction of sp³-hybridized carbons (Fsp3) is 0.147. The van der Waals surface area contributed by atoms with Crippen LogP contribution in [0.15, 0.2) is 107 Å². The first-order valence-electron chi connectivity index (χ1n) is 13.8. The van der Waals surface area contributed by atoms with E-state index in [1.54, 1.807) is 30.3 Å². The third-order valence-corrected chi connectivity index (χ3v) is 8.58. The predicted octanol–water partition coefficient (Wildman–Crippen LogP) is 7.95. The average Bonchev–Trinajstić information content (AvgIpc) is 3.53. The van der Waals surface area contributed by atoms with Gasteiger partial charge in [-0.25, -0.2) is 4.98 Å². The zero-order chi connectivity index (χ0) is 30.9. The van der Waals surface area contributed by atoms with Crippen molar-refractivity contribution < 1.29 is 23.8 Å². The largest absolute Gasteiger partial charge is 0.496 e. The van der Waals surface area contributed by atoms with Crippen LogP contribution in [0.4, 0.5) is 10.8 Å². The fourth-order valence-electron chi connectivity index (χ4n) is 4.45. The lowest BCUT2D eigenvalue weighted by atomic mass is 10.1. The number of benzene rings is 4. The van der Waals surface area contributed by atoms with Crippen LogP contribution >= 0.6 is 23.1 Å². The third-order valence-electron chi connectivity index (χ3n) is 6.56. The van der Waals surface area contributed by atoms with E-state index in [2.05, 4.69) is 15.6 Å². The molecular weight excluding hydrogens is 595 g/mol. The molecule has 5 rings (SSSR count). The normalized spacial score (nSPS) is 11.3. The summed E-state index contributed by atoms with van der Waals surface area (Å²) in [5.74, 6) is 1.09. The van der Waals surface area contributed by atoms with Crippen LogP contribution in [0.3, 0.4) is 0 Å². The van der Waals surface area contributed by atoms with E-state index in [0.717, 1.165) is 27.5 Å². The van der Waals surface area contributed by atoms with Crippen LogP contribution < -0.4 is 24.8 Å². The number of anilines is 2. The number of aromatic nitrogens is 1. The van der Waals surface area contributed by atoms with Crippen molar-refractivity contribution >= 4 is 45.7 Å². The van der Waals surface area contributed by atoms with Gasteiger partial charge in [-0.3, -0.25) is 9.59 Å². The van der Waals surface area contributed by atoms with Crippen molar-refractivity contribution in [1.29, 1.82) is 0 Å². The minimum Gasteiger partial charge on any atom is -0.496 e. The maximum absolute atomic E-state index is 13.6. The lowest BCUT2D eigenvalue weighted by molar-refractivity contribution is -0.115. The summed E-state index contributed by atoms with van der Waals surface area (Å²) in [5.41, 5.74) is 3.48. The van der Waals surface area contributed by atoms with E-state index < -0.39 is 5.25 Å². The van der Waals surface area contributed by atoms with Gasteiger partial charge in [0.1, 0.15) is 28.1 Å². The van der Waals surface area contributed by atoms with Crippen LogP contribution in [0.2, 0.25) is 0 Å². The van der Waals surface area contributed by atoms with E-state index >= 15 is 0 Å². The lowest BCUT2D eigenvalue weighted by Crippen LogP contribution is -2.19. The van der Waals surface area contributed by atoms with E-state index in [1.165, 1.54) is 37.3 Å². The highest BCUT2D eigenvalue weighted by molar-refractivity contribution is 8.00. The maximum Gasteiger partial charge on any atom is 0.263 e. The molecular formula is C34H31N3O5S2. The molecule has 0 aliphatic carbocycles. The molecule has 44 heavy (non-hydrogen) atoms. The van der Waals surface area contributed by atoms with E-state index in [-0.39, 0.29) is 11.8 Å². The quantitative estimate of drug-likeness (QED) is 0.136. The van der Waals surface area contributed by atoms with Gasteiger partial charge in [0.05, 0.1) is 26.5 Å². The highest BCUT2D eigenvalue weighted by atomic mass is 32.2. The molecule has 0 aliphatic heterocycles. The second-order valence-corrected chi connectivity index (χ2v) is 11.4. The van der Waals surface area contributed by atoms with Crippen LogP contribution in [0.1, 0.15) is 28.1 Å². The topological polar surface area (TPSA) is 98.8 Å². The summed E-state index contributed by atoms with van der Waals surface area (Å²) in [6.45, 7) is 2.55. The zero-order valence-electron chi connectivity index (χ0n) is 24.4. The van der Waals surface area contributed by atoms with Crippen LogP contribution in [-0.4, -0.2) is 37.6 Å². The molecule has 0 spiro atoms. The molecule has 5 aromatic rings. The van der Waals surface area contributed by atoms with Gasteiger partial charge in [-0.05, 0) is 73.2 Å². The van der Waals surface area contributed by atoms with E-state index in [4.69, 9.17) is 14.2 Å². The Morgan fingerprint density at radius 2 is 1.52 bits per heavy atom. The number of methoxy groups -OCH3 is 2. The number of thioether (sulfide) groups is 1. The molecule has 0 fully saturated rings. The van der Waals surface area contributed by atoms with E-state index in [9.17, 15) is 9.59 Å². The number of thiazole rings is 1. The number of rotatable bonds is 12. The zero-order valence-corrected chi connectivity index (χ0v) is 26.0. The summed E-state index contributed by atoms with van der Waals surface area (Å²) in [6, 6.07) is 29.8. The molecule has 0 saturated heterocycles. The number of carbonyl (C=O) groups excluding carboxylic acids is 2. The first-order valence-corrected chi connectivity index (χ1v) is 15.6. The number of ether oxygens (including phenoxy) is 3. The Bertz CT molecular complexity index is 1690. The van der Waals surface area contributed by atoms with Gasteiger partial charge in [0, 0.05) is 21.5 Å². The molecule has 0 bridgehead atoms. The molecule has 0 saturated carbocycles. The second-order valence-electron chi connectivity index (χ2n) is 9.41. The van der Waals surface area contributed by atoms with Crippen molar-refractivity contribution in [3.05, 3.63) is 114 Å². The van der Waals surface area contributed by atoms with Gasteiger partial charge < -0.3 is 24.8 Å². The molecule has 1 aromatic heterocycles. The molecule has 224 valence electrons. The smallest absolute Gasteiger partial charge is 0.263 e. The summed E-state index contributed by atoms with van der Waals surface area (Å²) in [6.07, 6.45) is 0. The minimum atomic E-state index is -0.535. The summed E-state index contributed by atoms with van der Waals surface area (Å²) < 4.78 is 16.3. The Balaban J connectivity index is 1.29. The Morgan fingerprint density at radius 1 is 0.841 bits per heavy atom.